The van der Waals surface area contributed by atoms with Gasteiger partial charge in [0.05, 0.1) is 49.6 Å². The van der Waals surface area contributed by atoms with Gasteiger partial charge in [-0.25, -0.2) is 29.3 Å². The molecule has 4 aliphatic rings. The van der Waals surface area contributed by atoms with Crippen LogP contribution in [0.4, 0.5) is 0 Å². The van der Waals surface area contributed by atoms with Gasteiger partial charge in [-0.05, 0) is 125 Å². The zero-order valence-electron chi connectivity index (χ0n) is 37.0. The Labute approximate surface area is 366 Å². The third-order valence-electron chi connectivity index (χ3n) is 13.5. The molecule has 2 saturated carbocycles. The van der Waals surface area contributed by atoms with E-state index in [2.05, 4.69) is 55.7 Å². The van der Waals surface area contributed by atoms with Gasteiger partial charge in [-0.2, -0.15) is 10.2 Å². The SMILES string of the molecule is COc1cc(/C=C/c2nc3n(n2)CCC[C@@H]3C2CCCCC2)ccc1-n1cnc(C)c1.COc1cc(/C=C/c2nc3n(n2)CCC[C@H]3C2CCCCC2)ccc1-n1cnc(C)c1. The van der Waals surface area contributed by atoms with Crippen molar-refractivity contribution < 1.29 is 9.47 Å². The topological polar surface area (TPSA) is 116 Å². The molecule has 0 amide bonds. The highest BCUT2D eigenvalue weighted by Gasteiger charge is 2.33. The number of benzene rings is 2. The zero-order valence-corrected chi connectivity index (χ0v) is 37.0. The van der Waals surface area contributed by atoms with Crippen molar-refractivity contribution in [2.24, 2.45) is 11.8 Å². The molecule has 4 aromatic heterocycles. The van der Waals surface area contributed by atoms with Crippen LogP contribution in [0.5, 0.6) is 11.5 Å². The van der Waals surface area contributed by atoms with Crippen LogP contribution in [0.15, 0.2) is 61.4 Å². The maximum atomic E-state index is 5.63. The minimum Gasteiger partial charge on any atom is -0.495 e. The van der Waals surface area contributed by atoms with Crippen LogP contribution >= 0.6 is 0 Å². The van der Waals surface area contributed by atoms with E-state index >= 15 is 0 Å². The van der Waals surface area contributed by atoms with Crippen LogP contribution in [0.25, 0.3) is 35.7 Å². The molecule has 0 N–H and O–H groups in total. The summed E-state index contributed by atoms with van der Waals surface area (Å²) >= 11 is 0. The van der Waals surface area contributed by atoms with Gasteiger partial charge >= 0.3 is 0 Å². The predicted molar refractivity (Wildman–Crippen MR) is 245 cm³/mol. The number of ether oxygens (including phenoxy) is 2. The Hall–Kier alpha value is -5.78. The second kappa shape index (κ2) is 19.1. The molecule has 324 valence electrons. The Morgan fingerprint density at radius 1 is 0.532 bits per heavy atom. The maximum Gasteiger partial charge on any atom is 0.174 e. The van der Waals surface area contributed by atoms with Crippen LogP contribution in [0.1, 0.15) is 148 Å². The second-order valence-electron chi connectivity index (χ2n) is 17.8. The van der Waals surface area contributed by atoms with Crippen LogP contribution in [0.3, 0.4) is 0 Å². The van der Waals surface area contributed by atoms with E-state index in [-0.39, 0.29) is 0 Å². The summed E-state index contributed by atoms with van der Waals surface area (Å²) in [5.74, 6) is 8.42. The first kappa shape index (κ1) is 41.6. The summed E-state index contributed by atoms with van der Waals surface area (Å²) in [7, 11) is 3.40. The van der Waals surface area contributed by atoms with E-state index in [1.54, 1.807) is 14.2 Å². The Bertz CT molecular complexity index is 2320. The van der Waals surface area contributed by atoms with Crippen LogP contribution in [-0.4, -0.2) is 62.9 Å². The monoisotopic (exact) mass is 835 g/mol. The Balaban J connectivity index is 0.000000158. The van der Waals surface area contributed by atoms with Crippen molar-refractivity contribution in [3.05, 3.63) is 107 Å². The number of imidazole rings is 2. The van der Waals surface area contributed by atoms with Crippen molar-refractivity contribution in [2.75, 3.05) is 14.2 Å². The van der Waals surface area contributed by atoms with Gasteiger partial charge in [0.25, 0.3) is 0 Å². The molecule has 10 rings (SSSR count). The van der Waals surface area contributed by atoms with Crippen LogP contribution in [0.2, 0.25) is 0 Å². The summed E-state index contributed by atoms with van der Waals surface area (Å²) in [5.41, 5.74) is 6.04. The molecule has 2 aromatic carbocycles. The standard InChI is InChI=1S/2C25H31N5O/c2*1-18-16-29(17-26-18)22-12-10-19(15-23(22)31-2)11-13-24-27-25-21(9-6-14-30(25)28-24)20-7-4-3-5-8-20/h2*10-13,15-17,20-21H,3-9,14H2,1-2H3/b2*13-11+/t2*21-/m10/s1. The average molecular weight is 835 g/mol. The van der Waals surface area contributed by atoms with Gasteiger partial charge in [0.2, 0.25) is 0 Å². The van der Waals surface area contributed by atoms with Crippen LogP contribution in [0, 0.1) is 25.7 Å². The number of rotatable bonds is 10. The average Bonchev–Trinajstić information content (AvgIpc) is 4.15. The smallest absolute Gasteiger partial charge is 0.174 e. The molecule has 62 heavy (non-hydrogen) atoms. The molecule has 12 heteroatoms. The Kier molecular flexibility index (Phi) is 12.8. The third-order valence-corrected chi connectivity index (χ3v) is 13.5. The summed E-state index contributed by atoms with van der Waals surface area (Å²) in [5, 5.41) is 9.59. The highest BCUT2D eigenvalue weighted by atomic mass is 16.5. The van der Waals surface area contributed by atoms with Crippen molar-refractivity contribution in [3.63, 3.8) is 0 Å². The maximum absolute atomic E-state index is 5.63. The normalized spacial score (nSPS) is 19.6. The van der Waals surface area contributed by atoms with Gasteiger partial charge in [0.1, 0.15) is 23.1 Å². The summed E-state index contributed by atoms with van der Waals surface area (Å²) < 4.78 is 19.6. The molecule has 0 unspecified atom stereocenters. The number of hydrogen-bond donors (Lipinski definition) is 0. The van der Waals surface area contributed by atoms with E-state index in [1.807, 2.05) is 72.3 Å². The molecule has 2 aliphatic carbocycles. The van der Waals surface area contributed by atoms with Crippen molar-refractivity contribution in [2.45, 2.75) is 129 Å². The minimum atomic E-state index is 0.585. The molecule has 2 aliphatic heterocycles. The van der Waals surface area contributed by atoms with Crippen LogP contribution < -0.4 is 9.47 Å². The van der Waals surface area contributed by atoms with Gasteiger partial charge in [-0.1, -0.05) is 62.8 Å². The Morgan fingerprint density at radius 2 is 0.968 bits per heavy atom. The molecule has 2 atom stereocenters. The third kappa shape index (κ3) is 9.34. The van der Waals surface area contributed by atoms with E-state index in [0.717, 1.165) is 82.0 Å². The number of methoxy groups -OCH3 is 2. The first-order chi connectivity index (χ1) is 30.4. The molecular formula is C50H62N10O2. The fourth-order valence-electron chi connectivity index (χ4n) is 10.4. The summed E-state index contributed by atoms with van der Waals surface area (Å²) in [6, 6.07) is 12.4. The molecule has 0 radical (unpaired) electrons. The van der Waals surface area contributed by atoms with Gasteiger partial charge in [-0.3, -0.25) is 0 Å². The minimum absolute atomic E-state index is 0.585. The molecule has 2 fully saturated rings. The lowest BCUT2D eigenvalue weighted by Gasteiger charge is -2.32. The largest absolute Gasteiger partial charge is 0.495 e. The number of nitrogens with zero attached hydrogens (tertiary/aromatic N) is 10. The lowest BCUT2D eigenvalue weighted by atomic mass is 9.77. The molecule has 12 nitrogen and oxygen atoms in total. The van der Waals surface area contributed by atoms with E-state index in [4.69, 9.17) is 29.6 Å². The molecule has 6 heterocycles. The molecule has 0 saturated heterocycles. The van der Waals surface area contributed by atoms with Gasteiger partial charge in [0, 0.05) is 37.3 Å². The van der Waals surface area contributed by atoms with E-state index < -0.39 is 0 Å². The Morgan fingerprint density at radius 3 is 1.35 bits per heavy atom. The van der Waals surface area contributed by atoms with Crippen molar-refractivity contribution in [3.8, 4) is 22.9 Å². The lowest BCUT2D eigenvalue weighted by Crippen LogP contribution is -2.24. The fraction of sp³-hybridized carbons (Fsp3) is 0.480. The number of aryl methyl sites for hydroxylation is 4. The highest BCUT2D eigenvalue weighted by Crippen LogP contribution is 2.42. The zero-order chi connectivity index (χ0) is 42.4. The van der Waals surface area contributed by atoms with Gasteiger partial charge in [0.15, 0.2) is 11.6 Å². The van der Waals surface area contributed by atoms with Crippen LogP contribution in [-0.2, 0) is 13.1 Å². The second-order valence-corrected chi connectivity index (χ2v) is 17.8. The van der Waals surface area contributed by atoms with E-state index in [0.29, 0.717) is 11.8 Å². The molecule has 0 spiro atoms. The van der Waals surface area contributed by atoms with Gasteiger partial charge < -0.3 is 18.6 Å². The van der Waals surface area contributed by atoms with Crippen molar-refractivity contribution >= 4 is 24.3 Å². The summed E-state index contributed by atoms with van der Waals surface area (Å²) in [6.45, 7) is 5.95. The number of aromatic nitrogens is 10. The first-order valence-corrected chi connectivity index (χ1v) is 23.1. The van der Waals surface area contributed by atoms with E-state index in [9.17, 15) is 0 Å². The highest BCUT2D eigenvalue weighted by molar-refractivity contribution is 5.70. The molecular weight excluding hydrogens is 773 g/mol. The first-order valence-electron chi connectivity index (χ1n) is 23.1. The van der Waals surface area contributed by atoms with Crippen molar-refractivity contribution in [1.29, 1.82) is 0 Å². The van der Waals surface area contributed by atoms with Crippen molar-refractivity contribution in [1.82, 2.24) is 48.6 Å². The number of hydrogen-bond acceptors (Lipinski definition) is 8. The van der Waals surface area contributed by atoms with E-state index in [1.165, 1.54) is 102 Å². The van der Waals surface area contributed by atoms with Gasteiger partial charge in [-0.15, -0.1) is 0 Å². The summed E-state index contributed by atoms with van der Waals surface area (Å²) in [4.78, 5) is 18.5. The predicted octanol–water partition coefficient (Wildman–Crippen LogP) is 10.8. The quantitative estimate of drug-likeness (QED) is 0.134. The molecule has 0 bridgehead atoms. The number of fused-ring (bicyclic) bond motifs is 2. The fourth-order valence-corrected chi connectivity index (χ4v) is 10.4. The molecule has 6 aromatic rings. The summed E-state index contributed by atoms with van der Waals surface area (Å²) in [6.07, 6.45) is 34.5. The lowest BCUT2D eigenvalue weighted by molar-refractivity contribution is 0.254.